The third kappa shape index (κ3) is 4.48. The Morgan fingerprint density at radius 1 is 0.917 bits per heavy atom. The van der Waals surface area contributed by atoms with Gasteiger partial charge in [0.25, 0.3) is 5.56 Å². The van der Waals surface area contributed by atoms with Gasteiger partial charge in [-0.15, -0.1) is 0 Å². The van der Waals surface area contributed by atoms with Crippen LogP contribution in [0.25, 0.3) is 27.7 Å². The summed E-state index contributed by atoms with van der Waals surface area (Å²) in [6.07, 6.45) is -0.848. The number of hydrogen-bond donors (Lipinski definition) is 0. The first kappa shape index (κ1) is 24.1. The van der Waals surface area contributed by atoms with E-state index in [2.05, 4.69) is 23.7 Å². The van der Waals surface area contributed by atoms with E-state index >= 15 is 0 Å². The second kappa shape index (κ2) is 9.09. The molecule has 0 aliphatic carbocycles. The highest BCUT2D eigenvalue weighted by Gasteiger charge is 2.30. The fourth-order valence-corrected chi connectivity index (χ4v) is 4.93. The highest BCUT2D eigenvalue weighted by Crippen LogP contribution is 2.33. The number of aromatic nitrogens is 2. The summed E-state index contributed by atoms with van der Waals surface area (Å²) >= 11 is 0. The summed E-state index contributed by atoms with van der Waals surface area (Å²) in [5, 5.41) is 1.09. The molecule has 3 heterocycles. The molecule has 8 heteroatoms. The zero-order valence-corrected chi connectivity index (χ0v) is 20.2. The Morgan fingerprint density at radius 3 is 2.14 bits per heavy atom. The van der Waals surface area contributed by atoms with Gasteiger partial charge in [0, 0.05) is 47.8 Å². The molecule has 1 aliphatic rings. The second-order valence-electron chi connectivity index (χ2n) is 9.32. The molecule has 0 amide bonds. The molecule has 2 unspecified atom stereocenters. The number of nitrogens with zero attached hydrogens (tertiary/aromatic N) is 3. The molecule has 186 valence electrons. The molecule has 5 rings (SSSR count). The van der Waals surface area contributed by atoms with E-state index < -0.39 is 11.7 Å². The fraction of sp³-hybridized carbons (Fsp3) is 0.286. The van der Waals surface area contributed by atoms with E-state index in [4.69, 9.17) is 4.74 Å². The summed E-state index contributed by atoms with van der Waals surface area (Å²) in [7, 11) is 0. The zero-order valence-electron chi connectivity index (χ0n) is 20.2. The number of morpholine rings is 1. The van der Waals surface area contributed by atoms with Crippen molar-refractivity contribution in [2.45, 2.75) is 39.2 Å². The largest absolute Gasteiger partial charge is 0.416 e. The molecule has 0 radical (unpaired) electrons. The lowest BCUT2D eigenvalue weighted by molar-refractivity contribution is -0.137. The monoisotopic (exact) mass is 493 g/mol. The average Bonchev–Trinajstić information content (AvgIpc) is 2.85. The van der Waals surface area contributed by atoms with Gasteiger partial charge in [-0.2, -0.15) is 13.2 Å². The normalized spacial score (nSPS) is 18.6. The van der Waals surface area contributed by atoms with Gasteiger partial charge in [0.2, 0.25) is 0 Å². The first-order valence-corrected chi connectivity index (χ1v) is 11.8. The van der Waals surface area contributed by atoms with Crippen molar-refractivity contribution in [2.24, 2.45) is 0 Å². The summed E-state index contributed by atoms with van der Waals surface area (Å²) in [5.74, 6) is 0. The number of fused-ring (bicyclic) bond motifs is 1. The van der Waals surface area contributed by atoms with E-state index in [0.717, 1.165) is 42.2 Å². The van der Waals surface area contributed by atoms with Crippen LogP contribution in [0.5, 0.6) is 0 Å². The Balaban J connectivity index is 1.53. The standard InChI is InChI=1S/C28H26F3N3O2/c1-17-14-34(23-10-8-22(9-11-23)33-15-18(2)36-19(3)16-33)27(35)24-12-13-32-26(25(17)24)20-4-6-21(7-5-20)28(29,30)31/h4-14,18-19H,15-16H2,1-3H3. The van der Waals surface area contributed by atoms with Crippen LogP contribution in [0.3, 0.4) is 0 Å². The topological polar surface area (TPSA) is 47.4 Å². The molecule has 1 fully saturated rings. The summed E-state index contributed by atoms with van der Waals surface area (Å²) in [5.41, 5.74) is 2.66. The van der Waals surface area contributed by atoms with Crippen molar-refractivity contribution in [2.75, 3.05) is 18.0 Å². The molecule has 2 atom stereocenters. The Labute approximate surface area is 206 Å². The summed E-state index contributed by atoms with van der Waals surface area (Å²) in [6.45, 7) is 7.60. The van der Waals surface area contributed by atoms with Crippen molar-refractivity contribution in [3.63, 3.8) is 0 Å². The van der Waals surface area contributed by atoms with Crippen LogP contribution in [0, 0.1) is 6.92 Å². The van der Waals surface area contributed by atoms with Crippen LogP contribution in [0.1, 0.15) is 25.0 Å². The third-order valence-electron chi connectivity index (χ3n) is 6.52. The van der Waals surface area contributed by atoms with Gasteiger partial charge in [0.15, 0.2) is 0 Å². The minimum atomic E-state index is -4.41. The number of halogens is 3. The van der Waals surface area contributed by atoms with Gasteiger partial charge in [-0.1, -0.05) is 12.1 Å². The second-order valence-corrected chi connectivity index (χ2v) is 9.32. The number of rotatable bonds is 3. The van der Waals surface area contributed by atoms with E-state index in [0.29, 0.717) is 22.0 Å². The highest BCUT2D eigenvalue weighted by atomic mass is 19.4. The van der Waals surface area contributed by atoms with Gasteiger partial charge in [0.1, 0.15) is 0 Å². The molecular weight excluding hydrogens is 467 g/mol. The first-order valence-electron chi connectivity index (χ1n) is 11.8. The molecule has 5 nitrogen and oxygen atoms in total. The molecule has 0 bridgehead atoms. The van der Waals surface area contributed by atoms with E-state index in [1.54, 1.807) is 16.8 Å². The van der Waals surface area contributed by atoms with Gasteiger partial charge in [-0.05, 0) is 68.8 Å². The van der Waals surface area contributed by atoms with Crippen LogP contribution in [-0.2, 0) is 10.9 Å². The number of benzene rings is 2. The predicted octanol–water partition coefficient (Wildman–Crippen LogP) is 5.99. The number of alkyl halides is 3. The molecule has 0 saturated carbocycles. The molecule has 1 aliphatic heterocycles. The number of ether oxygens (including phenoxy) is 1. The van der Waals surface area contributed by atoms with Crippen molar-refractivity contribution in [3.8, 4) is 16.9 Å². The van der Waals surface area contributed by atoms with Crippen molar-refractivity contribution in [3.05, 3.63) is 88.5 Å². The Hall–Kier alpha value is -3.65. The number of aryl methyl sites for hydroxylation is 1. The van der Waals surface area contributed by atoms with Gasteiger partial charge < -0.3 is 9.64 Å². The van der Waals surface area contributed by atoms with Gasteiger partial charge >= 0.3 is 6.18 Å². The maximum absolute atomic E-state index is 13.5. The summed E-state index contributed by atoms with van der Waals surface area (Å²) in [6, 6.07) is 14.4. The first-order chi connectivity index (χ1) is 17.1. The average molecular weight is 494 g/mol. The molecule has 0 N–H and O–H groups in total. The lowest BCUT2D eigenvalue weighted by Crippen LogP contribution is -2.45. The Morgan fingerprint density at radius 2 is 1.53 bits per heavy atom. The third-order valence-corrected chi connectivity index (χ3v) is 6.52. The molecule has 2 aromatic heterocycles. The SMILES string of the molecule is Cc1cn(-c2ccc(N3CC(C)OC(C)C3)cc2)c(=O)c2ccnc(-c3ccc(C(F)(F)F)cc3)c12. The van der Waals surface area contributed by atoms with Crippen LogP contribution in [0.2, 0.25) is 0 Å². The molecule has 4 aromatic rings. The molecular formula is C28H26F3N3O2. The van der Waals surface area contributed by atoms with Crippen molar-refractivity contribution in [1.29, 1.82) is 0 Å². The molecule has 1 saturated heterocycles. The number of anilines is 1. The van der Waals surface area contributed by atoms with Crippen LogP contribution in [-0.4, -0.2) is 34.8 Å². The zero-order chi connectivity index (χ0) is 25.6. The van der Waals surface area contributed by atoms with Gasteiger partial charge in [-0.3, -0.25) is 14.3 Å². The Bertz CT molecular complexity index is 1450. The fourth-order valence-electron chi connectivity index (χ4n) is 4.93. The van der Waals surface area contributed by atoms with E-state index in [-0.39, 0.29) is 17.8 Å². The number of hydrogen-bond acceptors (Lipinski definition) is 4. The summed E-state index contributed by atoms with van der Waals surface area (Å²) in [4.78, 5) is 20.2. The highest BCUT2D eigenvalue weighted by molar-refractivity contribution is 5.96. The maximum atomic E-state index is 13.5. The van der Waals surface area contributed by atoms with Crippen molar-refractivity contribution >= 4 is 16.5 Å². The predicted molar refractivity (Wildman–Crippen MR) is 135 cm³/mol. The molecule has 36 heavy (non-hydrogen) atoms. The Kier molecular flexibility index (Phi) is 6.08. The molecule has 0 spiro atoms. The van der Waals surface area contributed by atoms with Crippen LogP contribution in [0.4, 0.5) is 18.9 Å². The van der Waals surface area contributed by atoms with Crippen molar-refractivity contribution < 1.29 is 17.9 Å². The summed E-state index contributed by atoms with van der Waals surface area (Å²) < 4.78 is 46.4. The van der Waals surface area contributed by atoms with Crippen LogP contribution >= 0.6 is 0 Å². The minimum Gasteiger partial charge on any atom is -0.372 e. The minimum absolute atomic E-state index is 0.145. The van der Waals surface area contributed by atoms with E-state index in [1.165, 1.54) is 18.3 Å². The van der Waals surface area contributed by atoms with Gasteiger partial charge in [0.05, 0.1) is 28.9 Å². The lowest BCUT2D eigenvalue weighted by Gasteiger charge is -2.36. The van der Waals surface area contributed by atoms with E-state index in [1.807, 2.05) is 31.2 Å². The van der Waals surface area contributed by atoms with Crippen LogP contribution < -0.4 is 10.5 Å². The lowest BCUT2D eigenvalue weighted by atomic mass is 10.0. The molecule has 2 aromatic carbocycles. The van der Waals surface area contributed by atoms with Crippen LogP contribution in [0.15, 0.2) is 71.8 Å². The maximum Gasteiger partial charge on any atom is 0.416 e. The van der Waals surface area contributed by atoms with Crippen molar-refractivity contribution in [1.82, 2.24) is 9.55 Å². The van der Waals surface area contributed by atoms with Gasteiger partial charge in [-0.25, -0.2) is 0 Å². The van der Waals surface area contributed by atoms with E-state index in [9.17, 15) is 18.0 Å². The quantitative estimate of drug-likeness (QED) is 0.352. The smallest absolute Gasteiger partial charge is 0.372 e. The number of pyridine rings is 2.